The van der Waals surface area contributed by atoms with Crippen LogP contribution in [0.1, 0.15) is 32.4 Å². The third-order valence-electron chi connectivity index (χ3n) is 2.24. The lowest BCUT2D eigenvalue weighted by Gasteiger charge is -2.20. The highest BCUT2D eigenvalue weighted by Crippen LogP contribution is 2.20. The van der Waals surface area contributed by atoms with E-state index in [1.54, 1.807) is 0 Å². The van der Waals surface area contributed by atoms with Crippen LogP contribution in [0, 0.1) is 0 Å². The number of alkyl halides is 1. The lowest BCUT2D eigenvalue weighted by molar-refractivity contribution is -0.123. The van der Waals surface area contributed by atoms with Crippen molar-refractivity contribution in [2.45, 2.75) is 31.1 Å². The second kappa shape index (κ2) is 5.19. The summed E-state index contributed by atoms with van der Waals surface area (Å²) in [5.74, 6) is -0.0417. The van der Waals surface area contributed by atoms with Crippen molar-refractivity contribution >= 4 is 33.4 Å². The maximum atomic E-state index is 11.7. The highest BCUT2D eigenvalue weighted by Gasteiger charge is 2.24. The zero-order valence-electron chi connectivity index (χ0n) is 9.55. The van der Waals surface area contributed by atoms with Crippen LogP contribution >= 0.6 is 27.5 Å². The predicted molar refractivity (Wildman–Crippen MR) is 71.0 cm³/mol. The van der Waals surface area contributed by atoms with Crippen LogP contribution in [0.4, 0.5) is 0 Å². The number of hydrogen-bond donors (Lipinski definition) is 1. The smallest absolute Gasteiger partial charge is 0.236 e. The van der Waals surface area contributed by atoms with E-state index in [-0.39, 0.29) is 11.9 Å². The molecule has 0 aromatic heterocycles. The Labute approximate surface area is 110 Å². The van der Waals surface area contributed by atoms with E-state index >= 15 is 0 Å². The highest BCUT2D eigenvalue weighted by molar-refractivity contribution is 9.10. The summed E-state index contributed by atoms with van der Waals surface area (Å²) in [6.45, 7) is 5.56. The normalized spacial score (nSPS) is 13.3. The highest BCUT2D eigenvalue weighted by atomic mass is 79.9. The molecular formula is C12H15BrClNO. The molecule has 16 heavy (non-hydrogen) atoms. The Bertz CT molecular complexity index is 387. The van der Waals surface area contributed by atoms with Gasteiger partial charge in [0.15, 0.2) is 0 Å². The average Bonchev–Trinajstić information content (AvgIpc) is 2.16. The summed E-state index contributed by atoms with van der Waals surface area (Å²) in [5, 5.41) is 3.60. The zero-order chi connectivity index (χ0) is 12.3. The molecule has 0 spiro atoms. The van der Waals surface area contributed by atoms with Crippen molar-refractivity contribution < 1.29 is 4.79 Å². The third kappa shape index (κ3) is 3.80. The molecular weight excluding hydrogens is 289 g/mol. The molecule has 0 aliphatic heterocycles. The van der Waals surface area contributed by atoms with Crippen LogP contribution in [-0.4, -0.2) is 10.2 Å². The largest absolute Gasteiger partial charge is 0.348 e. The number of rotatable bonds is 3. The van der Waals surface area contributed by atoms with Crippen molar-refractivity contribution in [1.82, 2.24) is 5.32 Å². The van der Waals surface area contributed by atoms with E-state index in [0.29, 0.717) is 5.02 Å². The number of halogens is 2. The molecule has 1 aromatic rings. The summed E-state index contributed by atoms with van der Waals surface area (Å²) in [4.78, 5) is 11.7. The molecule has 0 aliphatic rings. The van der Waals surface area contributed by atoms with Crippen LogP contribution in [0.3, 0.4) is 0 Å². The van der Waals surface area contributed by atoms with Gasteiger partial charge in [0.2, 0.25) is 5.91 Å². The van der Waals surface area contributed by atoms with Gasteiger partial charge in [-0.25, -0.2) is 0 Å². The van der Waals surface area contributed by atoms with Gasteiger partial charge in [0, 0.05) is 5.02 Å². The molecule has 0 aliphatic carbocycles. The molecule has 0 heterocycles. The summed E-state index contributed by atoms with van der Waals surface area (Å²) in [6, 6.07) is 7.43. The van der Waals surface area contributed by atoms with Crippen LogP contribution < -0.4 is 5.32 Å². The molecule has 0 saturated heterocycles. The summed E-state index contributed by atoms with van der Waals surface area (Å²) in [7, 11) is 0. The van der Waals surface area contributed by atoms with Crippen molar-refractivity contribution in [3.63, 3.8) is 0 Å². The minimum absolute atomic E-state index is 0.0417. The van der Waals surface area contributed by atoms with E-state index in [0.717, 1.165) is 5.56 Å². The lowest BCUT2D eigenvalue weighted by atomic mass is 10.1. The monoisotopic (exact) mass is 303 g/mol. The third-order valence-corrected chi connectivity index (χ3v) is 2.83. The molecule has 88 valence electrons. The zero-order valence-corrected chi connectivity index (χ0v) is 11.9. The quantitative estimate of drug-likeness (QED) is 0.848. The Morgan fingerprint density at radius 2 is 2.12 bits per heavy atom. The van der Waals surface area contributed by atoms with E-state index in [4.69, 9.17) is 11.6 Å². The topological polar surface area (TPSA) is 29.1 Å². The predicted octanol–water partition coefficient (Wildman–Crippen LogP) is 3.69. The molecule has 1 amide bonds. The summed E-state index contributed by atoms with van der Waals surface area (Å²) < 4.78 is -0.556. The standard InChI is InChI=1S/C12H15BrClNO/c1-8(15-11(16)12(2,3)13)9-5-4-6-10(14)7-9/h4-8H,1-3H3,(H,15,16)/t8-/m1/s1. The van der Waals surface area contributed by atoms with Gasteiger partial charge in [0.05, 0.1) is 10.4 Å². The van der Waals surface area contributed by atoms with Crippen LogP contribution in [0.2, 0.25) is 5.02 Å². The van der Waals surface area contributed by atoms with E-state index in [9.17, 15) is 4.79 Å². The molecule has 1 atom stereocenters. The van der Waals surface area contributed by atoms with Gasteiger partial charge in [-0.05, 0) is 38.5 Å². The fourth-order valence-corrected chi connectivity index (χ4v) is 1.54. The molecule has 0 bridgehead atoms. The maximum Gasteiger partial charge on any atom is 0.236 e. The number of carbonyl (C=O) groups excluding carboxylic acids is 1. The average molecular weight is 305 g/mol. The first kappa shape index (κ1) is 13.5. The van der Waals surface area contributed by atoms with Crippen LogP contribution in [0.15, 0.2) is 24.3 Å². The summed E-state index contributed by atoms with van der Waals surface area (Å²) in [5.41, 5.74) is 0.998. The van der Waals surface area contributed by atoms with Crippen molar-refractivity contribution in [3.8, 4) is 0 Å². The van der Waals surface area contributed by atoms with Gasteiger partial charge in [-0.2, -0.15) is 0 Å². The molecule has 1 N–H and O–H groups in total. The van der Waals surface area contributed by atoms with Gasteiger partial charge in [-0.1, -0.05) is 39.7 Å². The summed E-state index contributed by atoms with van der Waals surface area (Å²) in [6.07, 6.45) is 0. The number of amides is 1. The fraction of sp³-hybridized carbons (Fsp3) is 0.417. The SMILES string of the molecule is C[C@@H](NC(=O)C(C)(C)Br)c1cccc(Cl)c1. The van der Waals surface area contributed by atoms with Gasteiger partial charge in [0.1, 0.15) is 0 Å². The first-order valence-electron chi connectivity index (χ1n) is 5.06. The van der Waals surface area contributed by atoms with E-state index < -0.39 is 4.32 Å². The second-order valence-corrected chi connectivity index (χ2v) is 6.64. The molecule has 0 saturated carbocycles. The van der Waals surface area contributed by atoms with Gasteiger partial charge in [0.25, 0.3) is 0 Å². The van der Waals surface area contributed by atoms with E-state index in [1.165, 1.54) is 0 Å². The fourth-order valence-electron chi connectivity index (χ4n) is 1.23. The summed E-state index contributed by atoms with van der Waals surface area (Å²) >= 11 is 9.21. The van der Waals surface area contributed by atoms with E-state index in [1.807, 2.05) is 45.0 Å². The second-order valence-electron chi connectivity index (χ2n) is 4.22. The first-order valence-corrected chi connectivity index (χ1v) is 6.23. The first-order chi connectivity index (χ1) is 7.30. The molecule has 0 unspecified atom stereocenters. The number of nitrogens with one attached hydrogen (secondary N) is 1. The van der Waals surface area contributed by atoms with Gasteiger partial charge in [-0.3, -0.25) is 4.79 Å². The van der Waals surface area contributed by atoms with Crippen LogP contribution in [0.5, 0.6) is 0 Å². The molecule has 1 aromatic carbocycles. The maximum absolute atomic E-state index is 11.7. The lowest BCUT2D eigenvalue weighted by Crippen LogP contribution is -2.38. The van der Waals surface area contributed by atoms with Gasteiger partial charge >= 0.3 is 0 Å². The van der Waals surface area contributed by atoms with Crippen molar-refractivity contribution in [3.05, 3.63) is 34.9 Å². The van der Waals surface area contributed by atoms with Gasteiger partial charge < -0.3 is 5.32 Å². The Kier molecular flexibility index (Phi) is 4.39. The molecule has 4 heteroatoms. The molecule has 0 fully saturated rings. The van der Waals surface area contributed by atoms with Gasteiger partial charge in [-0.15, -0.1) is 0 Å². The Morgan fingerprint density at radius 3 is 2.62 bits per heavy atom. The number of hydrogen-bond acceptors (Lipinski definition) is 1. The van der Waals surface area contributed by atoms with Crippen LogP contribution in [-0.2, 0) is 4.79 Å². The Hall–Kier alpha value is -0.540. The van der Waals surface area contributed by atoms with Crippen molar-refractivity contribution in [2.24, 2.45) is 0 Å². The molecule has 2 nitrogen and oxygen atoms in total. The number of benzene rings is 1. The molecule has 1 rings (SSSR count). The minimum Gasteiger partial charge on any atom is -0.348 e. The Balaban J connectivity index is 2.73. The van der Waals surface area contributed by atoms with E-state index in [2.05, 4.69) is 21.2 Å². The van der Waals surface area contributed by atoms with Crippen molar-refractivity contribution in [1.29, 1.82) is 0 Å². The van der Waals surface area contributed by atoms with Crippen LogP contribution in [0.25, 0.3) is 0 Å². The minimum atomic E-state index is -0.556. The Morgan fingerprint density at radius 1 is 1.50 bits per heavy atom. The molecule has 0 radical (unpaired) electrons. The van der Waals surface area contributed by atoms with Crippen molar-refractivity contribution in [2.75, 3.05) is 0 Å². The number of carbonyl (C=O) groups is 1.